The zero-order valence-corrected chi connectivity index (χ0v) is 8.26. The van der Waals surface area contributed by atoms with Crippen LogP contribution in [-0.2, 0) is 0 Å². The maximum absolute atomic E-state index is 10.5. The highest BCUT2D eigenvalue weighted by Gasteiger charge is 2.10. The van der Waals surface area contributed by atoms with Crippen molar-refractivity contribution in [2.45, 2.75) is 6.92 Å². The lowest BCUT2D eigenvalue weighted by Gasteiger charge is -1.99. The molecule has 0 aliphatic heterocycles. The molecule has 0 spiro atoms. The minimum absolute atomic E-state index is 0.667. The third-order valence-corrected chi connectivity index (χ3v) is 2.96. The van der Waals surface area contributed by atoms with Crippen LogP contribution in [0.4, 0.5) is 10.5 Å². The third-order valence-electron chi connectivity index (χ3n) is 1.90. The van der Waals surface area contributed by atoms with Gasteiger partial charge in [0.1, 0.15) is 0 Å². The highest BCUT2D eigenvalue weighted by atomic mass is 32.1. The number of pyridine rings is 1. The van der Waals surface area contributed by atoms with Crippen LogP contribution in [0.5, 0.6) is 0 Å². The Kier molecular flexibility index (Phi) is 2.09. The molecule has 2 aromatic heterocycles. The second-order valence-electron chi connectivity index (χ2n) is 2.84. The molecular weight excluding hydrogens is 200 g/mol. The first-order valence-electron chi connectivity index (χ1n) is 4.01. The zero-order valence-electron chi connectivity index (χ0n) is 7.44. The number of nitrogens with zero attached hydrogens (tertiary/aromatic N) is 1. The fraction of sp³-hybridized carbons (Fsp3) is 0.111. The van der Waals surface area contributed by atoms with Gasteiger partial charge in [0.2, 0.25) is 0 Å². The van der Waals surface area contributed by atoms with Crippen molar-refractivity contribution in [3.05, 3.63) is 23.3 Å². The van der Waals surface area contributed by atoms with Crippen molar-refractivity contribution in [2.75, 3.05) is 5.32 Å². The van der Waals surface area contributed by atoms with Crippen molar-refractivity contribution in [3.63, 3.8) is 0 Å². The number of rotatable bonds is 1. The van der Waals surface area contributed by atoms with Crippen LogP contribution in [0.2, 0.25) is 0 Å². The van der Waals surface area contributed by atoms with E-state index in [0.29, 0.717) is 5.69 Å². The average molecular weight is 208 g/mol. The van der Waals surface area contributed by atoms with E-state index in [1.165, 1.54) is 11.3 Å². The molecule has 0 atom stereocenters. The summed E-state index contributed by atoms with van der Waals surface area (Å²) in [7, 11) is 0. The number of aromatic nitrogens is 1. The highest BCUT2D eigenvalue weighted by Crippen LogP contribution is 2.34. The number of amides is 1. The summed E-state index contributed by atoms with van der Waals surface area (Å²) < 4.78 is 0.994. The first-order chi connectivity index (χ1) is 6.68. The molecule has 2 rings (SSSR count). The Hall–Kier alpha value is -1.62. The summed E-state index contributed by atoms with van der Waals surface area (Å²) in [5.74, 6) is 0. The van der Waals surface area contributed by atoms with Gasteiger partial charge in [-0.05, 0) is 13.0 Å². The van der Waals surface area contributed by atoms with E-state index in [1.54, 1.807) is 12.4 Å². The molecule has 2 aromatic rings. The van der Waals surface area contributed by atoms with Gasteiger partial charge in [-0.1, -0.05) is 0 Å². The van der Waals surface area contributed by atoms with Crippen molar-refractivity contribution in [1.82, 2.24) is 4.98 Å². The van der Waals surface area contributed by atoms with Crippen molar-refractivity contribution >= 4 is 33.2 Å². The molecule has 0 radical (unpaired) electrons. The Morgan fingerprint density at radius 1 is 1.64 bits per heavy atom. The molecule has 14 heavy (non-hydrogen) atoms. The predicted octanol–water partition coefficient (Wildman–Crippen LogP) is 2.69. The van der Waals surface area contributed by atoms with E-state index in [2.05, 4.69) is 10.3 Å². The number of carbonyl (C=O) groups is 1. The van der Waals surface area contributed by atoms with E-state index >= 15 is 0 Å². The quantitative estimate of drug-likeness (QED) is 0.757. The average Bonchev–Trinajstić information content (AvgIpc) is 2.43. The maximum Gasteiger partial charge on any atom is 0.409 e. The summed E-state index contributed by atoms with van der Waals surface area (Å²) in [5.41, 5.74) is 0.667. The standard InChI is InChI=1S/C9H8N2O2S/c1-5-8(11-9(12)13)6-2-3-10-4-7(6)14-5/h2-4,11H,1H3,(H,12,13). The predicted molar refractivity (Wildman–Crippen MR) is 56.0 cm³/mol. The second-order valence-corrected chi connectivity index (χ2v) is 4.09. The van der Waals surface area contributed by atoms with Gasteiger partial charge >= 0.3 is 6.09 Å². The molecule has 4 nitrogen and oxygen atoms in total. The second kappa shape index (κ2) is 3.26. The first kappa shape index (κ1) is 8.96. The van der Waals surface area contributed by atoms with E-state index in [4.69, 9.17) is 5.11 Å². The number of aryl methyl sites for hydroxylation is 1. The number of carboxylic acid groups (broad SMARTS) is 1. The fourth-order valence-electron chi connectivity index (χ4n) is 1.34. The zero-order chi connectivity index (χ0) is 10.1. The van der Waals surface area contributed by atoms with Gasteiger partial charge in [0.15, 0.2) is 0 Å². The number of hydrogen-bond acceptors (Lipinski definition) is 3. The van der Waals surface area contributed by atoms with Crippen LogP contribution in [0, 0.1) is 6.92 Å². The van der Waals surface area contributed by atoms with Gasteiger partial charge in [0, 0.05) is 22.7 Å². The molecule has 0 aliphatic carbocycles. The van der Waals surface area contributed by atoms with Crippen molar-refractivity contribution < 1.29 is 9.90 Å². The Bertz CT molecular complexity index is 493. The molecule has 0 saturated heterocycles. The van der Waals surface area contributed by atoms with Crippen molar-refractivity contribution in [3.8, 4) is 0 Å². The van der Waals surface area contributed by atoms with Gasteiger partial charge in [-0.2, -0.15) is 0 Å². The molecule has 0 aliphatic rings. The van der Waals surface area contributed by atoms with Gasteiger partial charge in [-0.3, -0.25) is 10.3 Å². The molecule has 72 valence electrons. The van der Waals surface area contributed by atoms with Crippen molar-refractivity contribution in [1.29, 1.82) is 0 Å². The van der Waals surface area contributed by atoms with Crippen LogP contribution in [-0.4, -0.2) is 16.2 Å². The molecule has 0 saturated carbocycles. The SMILES string of the molecule is Cc1sc2cnccc2c1NC(=O)O. The summed E-state index contributed by atoms with van der Waals surface area (Å²) in [5, 5.41) is 11.9. The largest absolute Gasteiger partial charge is 0.465 e. The van der Waals surface area contributed by atoms with Gasteiger partial charge < -0.3 is 5.11 Å². The van der Waals surface area contributed by atoms with Crippen LogP contribution in [0.3, 0.4) is 0 Å². The molecule has 2 N–H and O–H groups in total. The molecule has 5 heteroatoms. The number of anilines is 1. The van der Waals surface area contributed by atoms with Crippen molar-refractivity contribution in [2.24, 2.45) is 0 Å². The maximum atomic E-state index is 10.5. The lowest BCUT2D eigenvalue weighted by molar-refractivity contribution is 0.210. The normalized spacial score (nSPS) is 10.4. The van der Waals surface area contributed by atoms with E-state index in [0.717, 1.165) is 15.0 Å². The van der Waals surface area contributed by atoms with Gasteiger partial charge in [0.05, 0.1) is 10.4 Å². The van der Waals surface area contributed by atoms with Crippen LogP contribution >= 0.6 is 11.3 Å². The topological polar surface area (TPSA) is 62.2 Å². The van der Waals surface area contributed by atoms with Crippen LogP contribution in [0.25, 0.3) is 10.1 Å². The molecular formula is C9H8N2O2S. The highest BCUT2D eigenvalue weighted by molar-refractivity contribution is 7.19. The number of fused-ring (bicyclic) bond motifs is 1. The Morgan fingerprint density at radius 2 is 2.43 bits per heavy atom. The Balaban J connectivity index is 2.62. The molecule has 0 bridgehead atoms. The van der Waals surface area contributed by atoms with E-state index in [9.17, 15) is 4.79 Å². The summed E-state index contributed by atoms with van der Waals surface area (Å²) in [6.45, 7) is 1.88. The summed E-state index contributed by atoms with van der Waals surface area (Å²) in [6.07, 6.45) is 2.35. The Labute approximate surface area is 84.2 Å². The van der Waals surface area contributed by atoms with Gasteiger partial charge in [0.25, 0.3) is 0 Å². The van der Waals surface area contributed by atoms with E-state index in [1.807, 2.05) is 13.0 Å². The Morgan fingerprint density at radius 3 is 3.14 bits per heavy atom. The summed E-state index contributed by atoms with van der Waals surface area (Å²) >= 11 is 1.53. The lowest BCUT2D eigenvalue weighted by atomic mass is 10.2. The van der Waals surface area contributed by atoms with Gasteiger partial charge in [-0.15, -0.1) is 11.3 Å². The number of thiophene rings is 1. The van der Waals surface area contributed by atoms with Crippen LogP contribution < -0.4 is 5.32 Å². The number of nitrogens with one attached hydrogen (secondary N) is 1. The monoisotopic (exact) mass is 208 g/mol. The fourth-order valence-corrected chi connectivity index (χ4v) is 2.32. The van der Waals surface area contributed by atoms with E-state index < -0.39 is 6.09 Å². The summed E-state index contributed by atoms with van der Waals surface area (Å²) in [4.78, 5) is 15.5. The first-order valence-corrected chi connectivity index (χ1v) is 4.83. The molecule has 2 heterocycles. The molecule has 0 fully saturated rings. The van der Waals surface area contributed by atoms with Crippen LogP contribution in [0.1, 0.15) is 4.88 Å². The minimum atomic E-state index is -1.04. The van der Waals surface area contributed by atoms with Gasteiger partial charge in [-0.25, -0.2) is 4.79 Å². The molecule has 1 amide bonds. The van der Waals surface area contributed by atoms with Crippen LogP contribution in [0.15, 0.2) is 18.5 Å². The molecule has 0 unspecified atom stereocenters. The minimum Gasteiger partial charge on any atom is -0.465 e. The number of hydrogen-bond donors (Lipinski definition) is 2. The van der Waals surface area contributed by atoms with E-state index in [-0.39, 0.29) is 0 Å². The smallest absolute Gasteiger partial charge is 0.409 e. The summed E-state index contributed by atoms with van der Waals surface area (Å²) in [6, 6.07) is 1.81. The third kappa shape index (κ3) is 1.42. The molecule has 0 aromatic carbocycles. The lowest BCUT2D eigenvalue weighted by Crippen LogP contribution is -2.07.